The van der Waals surface area contributed by atoms with E-state index in [1.54, 1.807) is 0 Å². The Bertz CT molecular complexity index is 184. The average molecular weight is 244 g/mol. The number of nitrogens with two attached hydrogens (primary N) is 1. The summed E-state index contributed by atoms with van der Waals surface area (Å²) in [5, 5.41) is 1.51. The molecule has 0 aliphatic carbocycles. The first-order chi connectivity index (χ1) is 7.62. The number of hydrogen-bond donors (Lipinski definition) is 1. The van der Waals surface area contributed by atoms with Gasteiger partial charge in [-0.15, -0.1) is 0 Å². The first-order valence-electron chi connectivity index (χ1n) is 6.71. The van der Waals surface area contributed by atoms with Gasteiger partial charge in [0, 0.05) is 36.2 Å². The van der Waals surface area contributed by atoms with Crippen LogP contribution in [0.5, 0.6) is 0 Å². The third kappa shape index (κ3) is 3.64. The van der Waals surface area contributed by atoms with Crippen LogP contribution >= 0.6 is 11.8 Å². The summed E-state index contributed by atoms with van der Waals surface area (Å²) in [6.45, 7) is 12.5. The van der Waals surface area contributed by atoms with Gasteiger partial charge in [0.15, 0.2) is 0 Å². The molecule has 0 aromatic carbocycles. The van der Waals surface area contributed by atoms with Gasteiger partial charge in [0.2, 0.25) is 0 Å². The fourth-order valence-electron chi connectivity index (χ4n) is 2.96. The molecule has 0 amide bonds. The highest BCUT2D eigenvalue weighted by Gasteiger charge is 2.30. The minimum Gasteiger partial charge on any atom is -0.329 e. The highest BCUT2D eigenvalue weighted by molar-refractivity contribution is 8.00. The molecule has 1 aliphatic rings. The molecule has 0 saturated carbocycles. The van der Waals surface area contributed by atoms with Gasteiger partial charge >= 0.3 is 0 Å². The van der Waals surface area contributed by atoms with Crippen molar-refractivity contribution in [3.05, 3.63) is 0 Å². The zero-order valence-corrected chi connectivity index (χ0v) is 12.1. The molecule has 1 fully saturated rings. The summed E-state index contributed by atoms with van der Waals surface area (Å²) >= 11 is 2.12. The van der Waals surface area contributed by atoms with Gasteiger partial charge in [0.05, 0.1) is 0 Å². The zero-order chi connectivity index (χ0) is 12.1. The van der Waals surface area contributed by atoms with Crippen LogP contribution in [0.2, 0.25) is 0 Å². The van der Waals surface area contributed by atoms with E-state index in [0.717, 1.165) is 23.0 Å². The Kier molecular flexibility index (Phi) is 6.16. The summed E-state index contributed by atoms with van der Waals surface area (Å²) in [5.41, 5.74) is 6.00. The largest absolute Gasteiger partial charge is 0.329 e. The lowest BCUT2D eigenvalue weighted by Crippen LogP contribution is -2.52. The van der Waals surface area contributed by atoms with Crippen LogP contribution in [0.1, 0.15) is 40.5 Å². The number of rotatable bonds is 5. The van der Waals surface area contributed by atoms with E-state index in [1.807, 2.05) is 0 Å². The molecule has 0 spiro atoms. The predicted octanol–water partition coefficient (Wildman–Crippen LogP) is 2.58. The minimum atomic E-state index is 0.598. The standard InChI is InChI=1S/C13H28N2S/c1-5-12(6-2)13(7-14)15-8-10(3)16-11(4)9-15/h10-13H,5-9,14H2,1-4H3. The zero-order valence-electron chi connectivity index (χ0n) is 11.3. The van der Waals surface area contributed by atoms with Gasteiger partial charge in [-0.1, -0.05) is 40.5 Å². The molecule has 2 nitrogen and oxygen atoms in total. The first kappa shape index (κ1) is 14.3. The van der Waals surface area contributed by atoms with Crippen LogP contribution in [0.3, 0.4) is 0 Å². The number of nitrogens with zero attached hydrogens (tertiary/aromatic N) is 1. The number of hydrogen-bond acceptors (Lipinski definition) is 3. The third-order valence-electron chi connectivity index (χ3n) is 3.75. The van der Waals surface area contributed by atoms with Gasteiger partial charge in [0.25, 0.3) is 0 Å². The van der Waals surface area contributed by atoms with Gasteiger partial charge in [-0.25, -0.2) is 0 Å². The van der Waals surface area contributed by atoms with Crippen molar-refractivity contribution in [2.75, 3.05) is 19.6 Å². The molecule has 2 N–H and O–H groups in total. The van der Waals surface area contributed by atoms with Crippen LogP contribution in [-0.2, 0) is 0 Å². The van der Waals surface area contributed by atoms with E-state index in [1.165, 1.54) is 25.9 Å². The van der Waals surface area contributed by atoms with Gasteiger partial charge in [0.1, 0.15) is 0 Å². The van der Waals surface area contributed by atoms with Crippen LogP contribution in [0.25, 0.3) is 0 Å². The molecule has 3 atom stereocenters. The van der Waals surface area contributed by atoms with Crippen LogP contribution < -0.4 is 5.73 Å². The van der Waals surface area contributed by atoms with Crippen molar-refractivity contribution in [2.45, 2.75) is 57.1 Å². The molecular formula is C13H28N2S. The van der Waals surface area contributed by atoms with Crippen molar-refractivity contribution >= 4 is 11.8 Å². The van der Waals surface area contributed by atoms with Gasteiger partial charge < -0.3 is 5.73 Å². The summed E-state index contributed by atoms with van der Waals surface area (Å²) in [4.78, 5) is 2.64. The van der Waals surface area contributed by atoms with E-state index in [0.29, 0.717) is 6.04 Å². The monoisotopic (exact) mass is 244 g/mol. The molecular weight excluding hydrogens is 216 g/mol. The fraction of sp³-hybridized carbons (Fsp3) is 1.00. The summed E-state index contributed by atoms with van der Waals surface area (Å²) in [7, 11) is 0. The normalized spacial score (nSPS) is 29.6. The van der Waals surface area contributed by atoms with Crippen LogP contribution in [0.15, 0.2) is 0 Å². The van der Waals surface area contributed by atoms with Crippen molar-refractivity contribution in [2.24, 2.45) is 11.7 Å². The van der Waals surface area contributed by atoms with Crippen LogP contribution in [-0.4, -0.2) is 41.1 Å². The molecule has 0 bridgehead atoms. The second-order valence-electron chi connectivity index (χ2n) is 5.09. The van der Waals surface area contributed by atoms with Crippen molar-refractivity contribution in [1.29, 1.82) is 0 Å². The molecule has 1 rings (SSSR count). The Hall–Kier alpha value is 0.270. The SMILES string of the molecule is CCC(CC)C(CN)N1CC(C)SC(C)C1. The Morgan fingerprint density at radius 2 is 1.69 bits per heavy atom. The van der Waals surface area contributed by atoms with Gasteiger partial charge in [-0.05, 0) is 5.92 Å². The maximum absolute atomic E-state index is 6.00. The van der Waals surface area contributed by atoms with Crippen molar-refractivity contribution < 1.29 is 0 Å². The fourth-order valence-corrected chi connectivity index (χ4v) is 4.31. The molecule has 1 saturated heterocycles. The molecule has 3 unspecified atom stereocenters. The summed E-state index contributed by atoms with van der Waals surface area (Å²) < 4.78 is 0. The Morgan fingerprint density at radius 1 is 1.19 bits per heavy atom. The number of thioether (sulfide) groups is 1. The third-order valence-corrected chi connectivity index (χ3v) is 4.98. The summed E-state index contributed by atoms with van der Waals surface area (Å²) in [5.74, 6) is 0.771. The summed E-state index contributed by atoms with van der Waals surface area (Å²) in [6, 6.07) is 0.598. The lowest BCUT2D eigenvalue weighted by Gasteiger charge is -2.42. The topological polar surface area (TPSA) is 29.3 Å². The highest BCUT2D eigenvalue weighted by Crippen LogP contribution is 2.28. The van der Waals surface area contributed by atoms with E-state index < -0.39 is 0 Å². The molecule has 3 heteroatoms. The molecule has 0 aromatic rings. The molecule has 0 radical (unpaired) electrons. The Labute approximate surface area is 105 Å². The second-order valence-corrected chi connectivity index (χ2v) is 6.97. The maximum atomic E-state index is 6.00. The Morgan fingerprint density at radius 3 is 2.06 bits per heavy atom. The van der Waals surface area contributed by atoms with E-state index in [9.17, 15) is 0 Å². The van der Waals surface area contributed by atoms with E-state index in [4.69, 9.17) is 5.73 Å². The molecule has 0 aromatic heterocycles. The van der Waals surface area contributed by atoms with Crippen molar-refractivity contribution in [3.63, 3.8) is 0 Å². The van der Waals surface area contributed by atoms with Crippen molar-refractivity contribution in [1.82, 2.24) is 4.90 Å². The molecule has 1 aliphatic heterocycles. The van der Waals surface area contributed by atoms with E-state index >= 15 is 0 Å². The minimum absolute atomic E-state index is 0.598. The maximum Gasteiger partial charge on any atom is 0.0247 e. The smallest absolute Gasteiger partial charge is 0.0247 e. The first-order valence-corrected chi connectivity index (χ1v) is 7.66. The van der Waals surface area contributed by atoms with Gasteiger partial charge in [-0.2, -0.15) is 11.8 Å². The lowest BCUT2D eigenvalue weighted by molar-refractivity contribution is 0.138. The average Bonchev–Trinajstić information content (AvgIpc) is 2.24. The molecule has 96 valence electrons. The quantitative estimate of drug-likeness (QED) is 0.806. The molecule has 1 heterocycles. The Balaban J connectivity index is 2.63. The highest BCUT2D eigenvalue weighted by atomic mass is 32.2. The molecule has 16 heavy (non-hydrogen) atoms. The van der Waals surface area contributed by atoms with Crippen molar-refractivity contribution in [3.8, 4) is 0 Å². The second kappa shape index (κ2) is 6.87. The summed E-state index contributed by atoms with van der Waals surface area (Å²) in [6.07, 6.45) is 2.51. The van der Waals surface area contributed by atoms with E-state index in [2.05, 4.69) is 44.4 Å². The van der Waals surface area contributed by atoms with Crippen LogP contribution in [0, 0.1) is 5.92 Å². The van der Waals surface area contributed by atoms with Gasteiger partial charge in [-0.3, -0.25) is 4.90 Å². The van der Waals surface area contributed by atoms with Crippen LogP contribution in [0.4, 0.5) is 0 Å². The van der Waals surface area contributed by atoms with E-state index in [-0.39, 0.29) is 0 Å². The lowest BCUT2D eigenvalue weighted by atomic mass is 9.92. The predicted molar refractivity (Wildman–Crippen MR) is 75.0 cm³/mol.